The topological polar surface area (TPSA) is 105 Å². The Bertz CT molecular complexity index is 1350. The first-order valence-electron chi connectivity index (χ1n) is 10.5. The van der Waals surface area contributed by atoms with Crippen LogP contribution in [0.15, 0.2) is 89.1 Å². The summed E-state index contributed by atoms with van der Waals surface area (Å²) in [6, 6.07) is 23.4. The number of azo groups is 1. The van der Waals surface area contributed by atoms with Crippen LogP contribution in [-0.2, 0) is 16.1 Å². The van der Waals surface area contributed by atoms with E-state index in [1.807, 2.05) is 36.4 Å². The van der Waals surface area contributed by atoms with Crippen molar-refractivity contribution in [1.29, 1.82) is 0 Å². The van der Waals surface area contributed by atoms with Gasteiger partial charge in [-0.1, -0.05) is 66.2 Å². The molecule has 4 rings (SSSR count). The highest BCUT2D eigenvalue weighted by molar-refractivity contribution is 6.31. The van der Waals surface area contributed by atoms with Crippen LogP contribution in [0.5, 0.6) is 11.6 Å². The molecule has 0 bridgehead atoms. The van der Waals surface area contributed by atoms with Gasteiger partial charge in [-0.05, 0) is 29.8 Å². The molecular formula is C25H21ClN4O4. The number of nitrogens with one attached hydrogen (secondary N) is 1. The Balaban J connectivity index is 1.43. The maximum absolute atomic E-state index is 12.2. The molecule has 0 aliphatic rings. The number of hydrogen-bond donors (Lipinski definition) is 2. The smallest absolute Gasteiger partial charge is 0.283 e. The van der Waals surface area contributed by atoms with Gasteiger partial charge in [0, 0.05) is 10.4 Å². The summed E-state index contributed by atoms with van der Waals surface area (Å²) in [5.41, 5.74) is 1.70. The molecule has 2 N–H and O–H groups in total. The van der Waals surface area contributed by atoms with Gasteiger partial charge in [-0.2, -0.15) is 0 Å². The van der Waals surface area contributed by atoms with E-state index >= 15 is 0 Å². The van der Waals surface area contributed by atoms with Crippen LogP contribution in [0, 0.1) is 0 Å². The normalized spacial score (nSPS) is 11.1. The van der Waals surface area contributed by atoms with Crippen molar-refractivity contribution in [3.63, 3.8) is 0 Å². The van der Waals surface area contributed by atoms with Crippen molar-refractivity contribution in [2.75, 3.05) is 13.2 Å². The molecule has 0 atom stereocenters. The van der Waals surface area contributed by atoms with Crippen LogP contribution in [0.25, 0.3) is 10.9 Å². The largest absolute Gasteiger partial charge is 0.493 e. The lowest BCUT2D eigenvalue weighted by atomic mass is 10.2. The molecule has 0 aliphatic heterocycles. The van der Waals surface area contributed by atoms with Crippen LogP contribution in [0.2, 0.25) is 5.02 Å². The van der Waals surface area contributed by atoms with Crippen molar-refractivity contribution in [1.82, 2.24) is 9.88 Å². The third-order valence-electron chi connectivity index (χ3n) is 5.02. The number of carbonyl (C=O) groups excluding carboxylic acids is 2. The van der Waals surface area contributed by atoms with Crippen LogP contribution in [0.3, 0.4) is 0 Å². The number of rotatable bonds is 8. The molecule has 0 aliphatic carbocycles. The second-order valence-corrected chi connectivity index (χ2v) is 7.75. The summed E-state index contributed by atoms with van der Waals surface area (Å²) in [6.07, 6.45) is 0. The Labute approximate surface area is 200 Å². The van der Waals surface area contributed by atoms with E-state index < -0.39 is 11.8 Å². The molecule has 172 valence electrons. The Morgan fingerprint density at radius 1 is 0.971 bits per heavy atom. The van der Waals surface area contributed by atoms with Crippen molar-refractivity contribution < 1.29 is 19.4 Å². The number of para-hydroxylation sites is 2. The molecule has 0 radical (unpaired) electrons. The summed E-state index contributed by atoms with van der Waals surface area (Å²) < 4.78 is 6.98. The number of carbonyl (C=O) groups is 2. The highest BCUT2D eigenvalue weighted by Crippen LogP contribution is 2.39. The minimum absolute atomic E-state index is 0.141. The zero-order valence-electron chi connectivity index (χ0n) is 18.0. The predicted molar refractivity (Wildman–Crippen MR) is 129 cm³/mol. The lowest BCUT2D eigenvalue weighted by molar-refractivity contribution is -0.126. The number of amides is 2. The Kier molecular flexibility index (Phi) is 7.19. The summed E-state index contributed by atoms with van der Waals surface area (Å²) in [5, 5.41) is 22.1. The van der Waals surface area contributed by atoms with Crippen LogP contribution < -0.4 is 10.1 Å². The molecule has 0 saturated carbocycles. The Morgan fingerprint density at radius 2 is 1.68 bits per heavy atom. The third-order valence-corrected chi connectivity index (χ3v) is 5.38. The van der Waals surface area contributed by atoms with Crippen molar-refractivity contribution in [3.05, 3.63) is 89.4 Å². The summed E-state index contributed by atoms with van der Waals surface area (Å²) >= 11 is 6.28. The van der Waals surface area contributed by atoms with Crippen molar-refractivity contribution in [2.24, 2.45) is 10.2 Å². The zero-order chi connectivity index (χ0) is 23.9. The Hall–Kier alpha value is -4.17. The van der Waals surface area contributed by atoms with Gasteiger partial charge in [-0.3, -0.25) is 9.59 Å². The Morgan fingerprint density at radius 3 is 2.47 bits per heavy atom. The van der Waals surface area contributed by atoms with E-state index in [9.17, 15) is 14.7 Å². The fourth-order valence-corrected chi connectivity index (χ4v) is 3.55. The molecule has 34 heavy (non-hydrogen) atoms. The van der Waals surface area contributed by atoms with E-state index in [4.69, 9.17) is 16.3 Å². The fraction of sp³-hybridized carbons (Fsp3) is 0.120. The molecule has 1 aromatic heterocycles. The SMILES string of the molecule is O=C(CNC(=O)COc1ccccc1)N=Nc1c(O)n(Cc2ccccc2Cl)c2ccccc12. The van der Waals surface area contributed by atoms with E-state index in [2.05, 4.69) is 15.5 Å². The van der Waals surface area contributed by atoms with Crippen LogP contribution in [-0.4, -0.2) is 34.6 Å². The molecule has 8 nitrogen and oxygen atoms in total. The van der Waals surface area contributed by atoms with E-state index in [0.717, 1.165) is 5.56 Å². The second-order valence-electron chi connectivity index (χ2n) is 7.34. The average molecular weight is 477 g/mol. The third kappa shape index (κ3) is 5.41. The van der Waals surface area contributed by atoms with Crippen molar-refractivity contribution >= 4 is 40.0 Å². The first-order valence-corrected chi connectivity index (χ1v) is 10.8. The number of halogens is 1. The van der Waals surface area contributed by atoms with Gasteiger partial charge < -0.3 is 19.7 Å². The van der Waals surface area contributed by atoms with Gasteiger partial charge in [0.05, 0.1) is 12.1 Å². The highest BCUT2D eigenvalue weighted by Gasteiger charge is 2.18. The van der Waals surface area contributed by atoms with E-state index in [1.54, 1.807) is 47.0 Å². The number of nitrogens with zero attached hydrogens (tertiary/aromatic N) is 3. The number of fused-ring (bicyclic) bond motifs is 1. The lowest BCUT2D eigenvalue weighted by Gasteiger charge is -2.08. The molecule has 2 amide bonds. The molecular weight excluding hydrogens is 456 g/mol. The van der Waals surface area contributed by atoms with Crippen LogP contribution in [0.4, 0.5) is 5.69 Å². The highest BCUT2D eigenvalue weighted by atomic mass is 35.5. The van der Waals surface area contributed by atoms with E-state index in [-0.39, 0.29) is 24.7 Å². The summed E-state index contributed by atoms with van der Waals surface area (Å²) in [4.78, 5) is 24.1. The first kappa shape index (κ1) is 23.0. The number of benzene rings is 3. The maximum atomic E-state index is 12.2. The molecule has 3 aromatic carbocycles. The van der Waals surface area contributed by atoms with Gasteiger partial charge in [0.25, 0.3) is 11.8 Å². The van der Waals surface area contributed by atoms with E-state index in [0.29, 0.717) is 28.2 Å². The van der Waals surface area contributed by atoms with Gasteiger partial charge in [0.15, 0.2) is 12.3 Å². The van der Waals surface area contributed by atoms with Gasteiger partial charge >= 0.3 is 0 Å². The van der Waals surface area contributed by atoms with Crippen LogP contribution >= 0.6 is 11.6 Å². The molecule has 0 saturated heterocycles. The summed E-state index contributed by atoms with van der Waals surface area (Å²) in [7, 11) is 0. The molecule has 9 heteroatoms. The number of ether oxygens (including phenoxy) is 1. The van der Waals surface area contributed by atoms with Gasteiger partial charge in [0.1, 0.15) is 12.3 Å². The standard InChI is InChI=1S/C25H21ClN4O4/c26-20-12-6-4-8-17(20)15-30-21-13-7-5-11-19(21)24(25(30)33)29-28-22(31)14-27-23(32)16-34-18-9-2-1-3-10-18/h1-13,33H,14-16H2,(H,27,32). The monoisotopic (exact) mass is 476 g/mol. The number of aromatic hydroxyl groups is 1. The summed E-state index contributed by atoms with van der Waals surface area (Å²) in [6.45, 7) is -0.267. The molecule has 4 aromatic rings. The zero-order valence-corrected chi connectivity index (χ0v) is 18.8. The first-order chi connectivity index (χ1) is 16.5. The van der Waals surface area contributed by atoms with Gasteiger partial charge in [-0.25, -0.2) is 0 Å². The van der Waals surface area contributed by atoms with Crippen molar-refractivity contribution in [3.8, 4) is 11.6 Å². The fourth-order valence-electron chi connectivity index (χ4n) is 3.36. The maximum Gasteiger partial charge on any atom is 0.283 e. The molecule has 0 spiro atoms. The van der Waals surface area contributed by atoms with Crippen LogP contribution in [0.1, 0.15) is 5.56 Å². The lowest BCUT2D eigenvalue weighted by Crippen LogP contribution is -2.32. The number of aromatic nitrogens is 1. The molecule has 0 fully saturated rings. The summed E-state index contributed by atoms with van der Waals surface area (Å²) in [5.74, 6) is -0.729. The second kappa shape index (κ2) is 10.6. The minimum Gasteiger partial charge on any atom is -0.493 e. The van der Waals surface area contributed by atoms with Crippen molar-refractivity contribution in [2.45, 2.75) is 6.54 Å². The average Bonchev–Trinajstić information content (AvgIpc) is 3.12. The molecule has 0 unspecified atom stereocenters. The van der Waals surface area contributed by atoms with Gasteiger partial charge in [0.2, 0.25) is 5.88 Å². The van der Waals surface area contributed by atoms with E-state index in [1.165, 1.54) is 0 Å². The van der Waals surface area contributed by atoms with Gasteiger partial charge in [-0.15, -0.1) is 10.2 Å². The number of hydrogen-bond acceptors (Lipinski definition) is 5. The predicted octanol–water partition coefficient (Wildman–Crippen LogP) is 4.85. The minimum atomic E-state index is -0.671. The molecule has 1 heterocycles. The quantitative estimate of drug-likeness (QED) is 0.354.